The van der Waals surface area contributed by atoms with Crippen LogP contribution in [0.1, 0.15) is 44.9 Å². The van der Waals surface area contributed by atoms with E-state index in [2.05, 4.69) is 10.6 Å². The van der Waals surface area contributed by atoms with Crippen LogP contribution in [0.25, 0.3) is 0 Å². The third kappa shape index (κ3) is 3.98. The zero-order valence-corrected chi connectivity index (χ0v) is 15.7. The van der Waals surface area contributed by atoms with Crippen LogP contribution < -0.4 is 10.6 Å². The van der Waals surface area contributed by atoms with Crippen molar-refractivity contribution in [3.63, 3.8) is 0 Å². The molecule has 7 nitrogen and oxygen atoms in total. The molecule has 5 rings (SSSR count). The summed E-state index contributed by atoms with van der Waals surface area (Å²) in [7, 11) is 0. The number of carbonyl (C=O) groups is 3. The molecule has 4 saturated carbocycles. The number of rotatable bonds is 4. The molecule has 5 aliphatic rings. The van der Waals surface area contributed by atoms with Gasteiger partial charge >= 0.3 is 12.0 Å². The number of nitrogens with zero attached hydrogens (tertiary/aromatic N) is 1. The van der Waals surface area contributed by atoms with Crippen molar-refractivity contribution >= 4 is 30.3 Å². The van der Waals surface area contributed by atoms with E-state index in [1.165, 1.54) is 19.3 Å². The molecule has 8 heteroatoms. The van der Waals surface area contributed by atoms with E-state index in [9.17, 15) is 14.4 Å². The first-order chi connectivity index (χ1) is 11.9. The lowest BCUT2D eigenvalue weighted by Crippen LogP contribution is -2.62. The average Bonchev–Trinajstić information content (AvgIpc) is 2.93. The predicted octanol–water partition coefficient (Wildman–Crippen LogP) is 1.61. The number of halogens is 1. The van der Waals surface area contributed by atoms with Gasteiger partial charge in [-0.3, -0.25) is 19.8 Å². The molecule has 146 valence electrons. The van der Waals surface area contributed by atoms with Crippen LogP contribution in [-0.4, -0.2) is 53.1 Å². The quantitative estimate of drug-likeness (QED) is 0.682. The maximum Gasteiger partial charge on any atom is 0.321 e. The van der Waals surface area contributed by atoms with Crippen LogP contribution in [0.4, 0.5) is 4.79 Å². The summed E-state index contributed by atoms with van der Waals surface area (Å²) in [6, 6.07) is -0.388. The Hall–Kier alpha value is -1.34. The van der Waals surface area contributed by atoms with Gasteiger partial charge in [-0.25, -0.2) is 4.79 Å². The summed E-state index contributed by atoms with van der Waals surface area (Å²) in [5, 5.41) is 14.6. The summed E-state index contributed by atoms with van der Waals surface area (Å²) in [4.78, 5) is 37.2. The molecule has 4 bridgehead atoms. The third-order valence-electron chi connectivity index (χ3n) is 6.66. The molecule has 1 aliphatic heterocycles. The Kier molecular flexibility index (Phi) is 5.49. The Bertz CT molecular complexity index is 562. The van der Waals surface area contributed by atoms with Crippen molar-refractivity contribution < 1.29 is 19.5 Å². The van der Waals surface area contributed by atoms with Crippen molar-refractivity contribution in [1.29, 1.82) is 0 Å². The van der Waals surface area contributed by atoms with Gasteiger partial charge in [0, 0.05) is 12.1 Å². The topological polar surface area (TPSA) is 98.7 Å². The second kappa shape index (κ2) is 7.35. The summed E-state index contributed by atoms with van der Waals surface area (Å²) >= 11 is 0. The van der Waals surface area contributed by atoms with Crippen LogP contribution in [0.2, 0.25) is 0 Å². The van der Waals surface area contributed by atoms with Gasteiger partial charge in [-0.1, -0.05) is 0 Å². The molecule has 0 aromatic heterocycles. The molecule has 26 heavy (non-hydrogen) atoms. The maximum atomic E-state index is 12.3. The summed E-state index contributed by atoms with van der Waals surface area (Å²) in [6.45, 7) is 1.04. The number of carbonyl (C=O) groups excluding carboxylic acids is 2. The van der Waals surface area contributed by atoms with E-state index in [1.807, 2.05) is 0 Å². The van der Waals surface area contributed by atoms with Gasteiger partial charge in [0.05, 0.1) is 12.5 Å². The van der Waals surface area contributed by atoms with Crippen LogP contribution >= 0.6 is 12.4 Å². The Labute approximate surface area is 159 Å². The molecular weight excluding hydrogens is 358 g/mol. The van der Waals surface area contributed by atoms with Crippen molar-refractivity contribution in [2.75, 3.05) is 19.6 Å². The number of nitrogens with one attached hydrogen (secondary N) is 2. The highest BCUT2D eigenvalue weighted by molar-refractivity contribution is 5.95. The van der Waals surface area contributed by atoms with Crippen LogP contribution in [0, 0.1) is 23.7 Å². The van der Waals surface area contributed by atoms with E-state index in [0.717, 1.165) is 37.0 Å². The van der Waals surface area contributed by atoms with Crippen LogP contribution in [0.15, 0.2) is 0 Å². The van der Waals surface area contributed by atoms with E-state index in [4.69, 9.17) is 5.11 Å². The second-order valence-corrected chi connectivity index (χ2v) is 8.76. The Morgan fingerprint density at radius 1 is 1.04 bits per heavy atom. The first-order valence-corrected chi connectivity index (χ1v) is 9.48. The molecular formula is C18H28ClN3O4. The Morgan fingerprint density at radius 2 is 1.62 bits per heavy atom. The van der Waals surface area contributed by atoms with Gasteiger partial charge in [0.2, 0.25) is 5.91 Å². The zero-order valence-electron chi connectivity index (χ0n) is 14.9. The van der Waals surface area contributed by atoms with E-state index < -0.39 is 11.9 Å². The molecule has 0 aromatic carbocycles. The van der Waals surface area contributed by atoms with Gasteiger partial charge in [-0.05, 0) is 69.2 Å². The number of imide groups is 1. The minimum absolute atomic E-state index is 0. The molecule has 3 N–H and O–H groups in total. The number of urea groups is 1. The number of carboxylic acid groups (broad SMARTS) is 1. The van der Waals surface area contributed by atoms with Crippen molar-refractivity contribution in [3.05, 3.63) is 0 Å². The van der Waals surface area contributed by atoms with Crippen LogP contribution in [-0.2, 0) is 9.59 Å². The second-order valence-electron chi connectivity index (χ2n) is 8.76. The minimum Gasteiger partial charge on any atom is -0.481 e. The van der Waals surface area contributed by atoms with Crippen molar-refractivity contribution in [1.82, 2.24) is 15.5 Å². The van der Waals surface area contributed by atoms with Gasteiger partial charge in [-0.15, -0.1) is 12.4 Å². The highest BCUT2D eigenvalue weighted by atomic mass is 35.5. The van der Waals surface area contributed by atoms with Crippen molar-refractivity contribution in [2.24, 2.45) is 23.7 Å². The summed E-state index contributed by atoms with van der Waals surface area (Å²) in [6.07, 6.45) is 7.62. The molecule has 1 heterocycles. The predicted molar refractivity (Wildman–Crippen MR) is 97.0 cm³/mol. The number of aliphatic carboxylic acids is 1. The van der Waals surface area contributed by atoms with Gasteiger partial charge in [-0.2, -0.15) is 0 Å². The molecule has 0 radical (unpaired) electrons. The highest BCUT2D eigenvalue weighted by Gasteiger charge is 2.51. The minimum atomic E-state index is -0.817. The average molecular weight is 386 g/mol. The Balaban J connectivity index is 0.00000196. The molecule has 4 aliphatic carbocycles. The lowest BCUT2D eigenvalue weighted by Gasteiger charge is -2.56. The number of hydrogen-bond acceptors (Lipinski definition) is 4. The van der Waals surface area contributed by atoms with Crippen molar-refractivity contribution in [2.45, 2.75) is 50.5 Å². The molecule has 5 fully saturated rings. The van der Waals surface area contributed by atoms with Gasteiger partial charge in [0.15, 0.2) is 0 Å². The van der Waals surface area contributed by atoms with Gasteiger partial charge in [0.25, 0.3) is 0 Å². The van der Waals surface area contributed by atoms with Crippen LogP contribution in [0.5, 0.6) is 0 Å². The zero-order chi connectivity index (χ0) is 17.6. The SMILES string of the molecule is Cl.O=C(CN1CCC(C(=O)O)C1)NC(=O)NC12CC3CC(CC(C3)C1)C2. The smallest absolute Gasteiger partial charge is 0.321 e. The summed E-state index contributed by atoms with van der Waals surface area (Å²) in [5.74, 6) is 0.629. The van der Waals surface area contributed by atoms with Crippen molar-refractivity contribution in [3.8, 4) is 0 Å². The third-order valence-corrected chi connectivity index (χ3v) is 6.66. The summed E-state index contributed by atoms with van der Waals surface area (Å²) < 4.78 is 0. The Morgan fingerprint density at radius 3 is 2.12 bits per heavy atom. The maximum absolute atomic E-state index is 12.3. The highest BCUT2D eigenvalue weighted by Crippen LogP contribution is 2.55. The molecule has 0 spiro atoms. The van der Waals surface area contributed by atoms with Gasteiger partial charge in [0.1, 0.15) is 0 Å². The standard InChI is InChI=1S/C18H27N3O4.ClH/c22-15(10-21-2-1-14(9-21)16(23)24)19-17(25)20-18-6-11-3-12(7-18)5-13(4-11)8-18;/h11-14H,1-10H2,(H,23,24)(H2,19,20,22,25);1H. The van der Waals surface area contributed by atoms with E-state index in [0.29, 0.717) is 19.5 Å². The van der Waals surface area contributed by atoms with Crippen LogP contribution in [0.3, 0.4) is 0 Å². The number of carboxylic acids is 1. The monoisotopic (exact) mass is 385 g/mol. The molecule has 0 aromatic rings. The number of amides is 3. The van der Waals surface area contributed by atoms with E-state index >= 15 is 0 Å². The summed E-state index contributed by atoms with van der Waals surface area (Å²) in [5.41, 5.74) is -0.110. The number of hydrogen-bond donors (Lipinski definition) is 3. The van der Waals surface area contributed by atoms with E-state index in [-0.39, 0.29) is 36.4 Å². The van der Waals surface area contributed by atoms with Gasteiger partial charge < -0.3 is 10.4 Å². The fourth-order valence-electron chi connectivity index (χ4n) is 6.08. The molecule has 3 amide bonds. The molecule has 1 unspecified atom stereocenters. The fraction of sp³-hybridized carbons (Fsp3) is 0.833. The first-order valence-electron chi connectivity index (χ1n) is 9.48. The normalized spacial score (nSPS) is 37.8. The lowest BCUT2D eigenvalue weighted by atomic mass is 9.53. The lowest BCUT2D eigenvalue weighted by molar-refractivity contribution is -0.141. The fourth-order valence-corrected chi connectivity index (χ4v) is 6.08. The van der Waals surface area contributed by atoms with E-state index in [1.54, 1.807) is 4.90 Å². The number of likely N-dealkylation sites (tertiary alicyclic amines) is 1. The largest absolute Gasteiger partial charge is 0.481 e. The molecule has 1 saturated heterocycles. The molecule has 1 atom stereocenters. The first kappa shape index (κ1) is 19.4.